The molecule has 0 fully saturated rings. The van der Waals surface area contributed by atoms with E-state index in [1.807, 2.05) is 30.3 Å². The summed E-state index contributed by atoms with van der Waals surface area (Å²) in [6.45, 7) is 0. The van der Waals surface area contributed by atoms with Crippen LogP contribution in [0.5, 0.6) is 0 Å². The van der Waals surface area contributed by atoms with Crippen molar-refractivity contribution < 1.29 is 0 Å². The highest BCUT2D eigenvalue weighted by atomic mass is 14.9. The quantitative estimate of drug-likeness (QED) is 0.508. The zero-order valence-corrected chi connectivity index (χ0v) is 12.7. The largest absolute Gasteiger partial charge is 0.338 e. The first-order valence-electron chi connectivity index (χ1n) is 7.69. The lowest BCUT2D eigenvalue weighted by Crippen LogP contribution is -1.79. The first-order chi connectivity index (χ1) is 11.9. The van der Waals surface area contributed by atoms with Crippen molar-refractivity contribution in [1.82, 2.24) is 19.9 Å². The molecule has 0 aliphatic heterocycles. The summed E-state index contributed by atoms with van der Waals surface area (Å²) in [5, 5.41) is 0. The highest BCUT2D eigenvalue weighted by Crippen LogP contribution is 2.27. The lowest BCUT2D eigenvalue weighted by molar-refractivity contribution is 1.32. The van der Waals surface area contributed by atoms with Crippen LogP contribution in [0, 0.1) is 12.4 Å². The SMILES string of the molecule is [c]1cccc(-c2nc3cc(-c4ccc5[nH][c]nc5c4)ccc3[nH]2)c1. The van der Waals surface area contributed by atoms with Gasteiger partial charge >= 0.3 is 0 Å². The fourth-order valence-electron chi connectivity index (χ4n) is 2.92. The van der Waals surface area contributed by atoms with E-state index in [4.69, 9.17) is 4.98 Å². The van der Waals surface area contributed by atoms with Gasteiger partial charge in [-0.3, -0.25) is 0 Å². The zero-order chi connectivity index (χ0) is 15.9. The van der Waals surface area contributed by atoms with E-state index in [2.05, 4.69) is 57.7 Å². The standard InChI is InChI=1S/C20H12N4/c1-2-4-13(5-3-1)20-23-17-9-7-15(11-19(17)24-20)14-6-8-16-18(10-14)22-12-21-16/h1-2,4-11H,(H,21,22)(H,23,24). The predicted octanol–water partition coefficient (Wildman–Crippen LogP) is 4.37. The Hall–Kier alpha value is -3.40. The molecule has 0 saturated carbocycles. The third-order valence-corrected chi connectivity index (χ3v) is 4.16. The molecule has 2 N–H and O–H groups in total. The Morgan fingerprint density at radius 1 is 0.833 bits per heavy atom. The molecule has 0 aliphatic rings. The Bertz CT molecular complexity index is 1150. The van der Waals surface area contributed by atoms with E-state index in [0.29, 0.717) is 0 Å². The van der Waals surface area contributed by atoms with Gasteiger partial charge in [-0.05, 0) is 47.5 Å². The predicted molar refractivity (Wildman–Crippen MR) is 94.3 cm³/mol. The van der Waals surface area contributed by atoms with E-state index < -0.39 is 0 Å². The Morgan fingerprint density at radius 2 is 1.67 bits per heavy atom. The van der Waals surface area contributed by atoms with Gasteiger partial charge in [-0.15, -0.1) is 0 Å². The molecule has 0 spiro atoms. The normalized spacial score (nSPS) is 11.3. The van der Waals surface area contributed by atoms with Crippen LogP contribution in [0.25, 0.3) is 44.6 Å². The molecule has 112 valence electrons. The van der Waals surface area contributed by atoms with Crippen molar-refractivity contribution in [3.05, 3.63) is 73.1 Å². The smallest absolute Gasteiger partial charge is 0.174 e. The van der Waals surface area contributed by atoms with Crippen molar-refractivity contribution in [1.29, 1.82) is 0 Å². The fourth-order valence-corrected chi connectivity index (χ4v) is 2.92. The van der Waals surface area contributed by atoms with Crippen molar-refractivity contribution in [3.63, 3.8) is 0 Å². The molecule has 4 nitrogen and oxygen atoms in total. The van der Waals surface area contributed by atoms with Crippen molar-refractivity contribution in [3.8, 4) is 22.5 Å². The van der Waals surface area contributed by atoms with Crippen LogP contribution in [-0.4, -0.2) is 19.9 Å². The van der Waals surface area contributed by atoms with Gasteiger partial charge in [-0.1, -0.05) is 30.3 Å². The molecule has 2 heterocycles. The van der Waals surface area contributed by atoms with Crippen molar-refractivity contribution in [2.24, 2.45) is 0 Å². The Balaban J connectivity index is 1.62. The number of hydrogen-bond donors (Lipinski definition) is 2. The molecule has 0 bridgehead atoms. The minimum Gasteiger partial charge on any atom is -0.338 e. The third-order valence-electron chi connectivity index (χ3n) is 4.16. The van der Waals surface area contributed by atoms with E-state index in [1.54, 1.807) is 0 Å². The van der Waals surface area contributed by atoms with Crippen molar-refractivity contribution in [2.45, 2.75) is 0 Å². The molecule has 0 amide bonds. The highest BCUT2D eigenvalue weighted by Gasteiger charge is 2.07. The molecule has 24 heavy (non-hydrogen) atoms. The number of nitrogens with zero attached hydrogens (tertiary/aromatic N) is 2. The van der Waals surface area contributed by atoms with E-state index >= 15 is 0 Å². The summed E-state index contributed by atoms with van der Waals surface area (Å²) in [6.07, 6.45) is 2.77. The number of hydrogen-bond acceptors (Lipinski definition) is 2. The summed E-state index contributed by atoms with van der Waals surface area (Å²) < 4.78 is 0. The summed E-state index contributed by atoms with van der Waals surface area (Å²) in [5.41, 5.74) is 7.13. The summed E-state index contributed by atoms with van der Waals surface area (Å²) in [7, 11) is 0. The molecule has 5 rings (SSSR count). The number of aromatic amines is 2. The topological polar surface area (TPSA) is 57.4 Å². The van der Waals surface area contributed by atoms with Crippen LogP contribution in [-0.2, 0) is 0 Å². The molecular formula is C20H12N4. The lowest BCUT2D eigenvalue weighted by atomic mass is 10.0. The van der Waals surface area contributed by atoms with Crippen LogP contribution >= 0.6 is 0 Å². The summed E-state index contributed by atoms with van der Waals surface area (Å²) in [5.74, 6) is 0.858. The van der Waals surface area contributed by atoms with Crippen LogP contribution in [0.4, 0.5) is 0 Å². The number of rotatable bonds is 2. The van der Waals surface area contributed by atoms with Gasteiger partial charge in [0.2, 0.25) is 0 Å². The summed E-state index contributed by atoms with van der Waals surface area (Å²) in [6, 6.07) is 23.3. The van der Waals surface area contributed by atoms with E-state index in [0.717, 1.165) is 44.6 Å². The lowest BCUT2D eigenvalue weighted by Gasteiger charge is -2.01. The number of imidazole rings is 2. The van der Waals surface area contributed by atoms with Gasteiger partial charge in [0.25, 0.3) is 0 Å². The number of H-pyrrole nitrogens is 2. The minimum absolute atomic E-state index is 0.858. The summed E-state index contributed by atoms with van der Waals surface area (Å²) in [4.78, 5) is 15.3. The van der Waals surface area contributed by atoms with E-state index in [1.165, 1.54) is 0 Å². The molecule has 0 unspecified atom stereocenters. The number of fused-ring (bicyclic) bond motifs is 2. The maximum atomic E-state index is 4.72. The number of nitrogens with one attached hydrogen (secondary N) is 2. The van der Waals surface area contributed by atoms with Gasteiger partial charge in [0, 0.05) is 5.56 Å². The Labute approximate surface area is 138 Å². The van der Waals surface area contributed by atoms with Gasteiger partial charge in [-0.2, -0.15) is 0 Å². The van der Waals surface area contributed by atoms with E-state index in [9.17, 15) is 0 Å². The van der Waals surface area contributed by atoms with Gasteiger partial charge < -0.3 is 9.97 Å². The second kappa shape index (κ2) is 5.06. The monoisotopic (exact) mass is 308 g/mol. The molecule has 3 aromatic carbocycles. The molecule has 2 radical (unpaired) electrons. The molecule has 0 aliphatic carbocycles. The minimum atomic E-state index is 0.858. The zero-order valence-electron chi connectivity index (χ0n) is 12.7. The third kappa shape index (κ3) is 2.08. The van der Waals surface area contributed by atoms with Gasteiger partial charge in [-0.25, -0.2) is 9.97 Å². The van der Waals surface area contributed by atoms with Crippen LogP contribution in [0.2, 0.25) is 0 Å². The average Bonchev–Trinajstić information content (AvgIpc) is 3.27. The fraction of sp³-hybridized carbons (Fsp3) is 0. The number of benzene rings is 3. The molecule has 5 aromatic rings. The van der Waals surface area contributed by atoms with Gasteiger partial charge in [0.1, 0.15) is 5.82 Å². The Kier molecular flexibility index (Phi) is 2.76. The number of aromatic nitrogens is 4. The van der Waals surface area contributed by atoms with Crippen LogP contribution in [0.1, 0.15) is 0 Å². The molecule has 4 heteroatoms. The first kappa shape index (κ1) is 13.1. The maximum absolute atomic E-state index is 4.72. The second-order valence-corrected chi connectivity index (χ2v) is 5.69. The molecular weight excluding hydrogens is 296 g/mol. The van der Waals surface area contributed by atoms with E-state index in [-0.39, 0.29) is 0 Å². The van der Waals surface area contributed by atoms with Crippen molar-refractivity contribution >= 4 is 22.1 Å². The first-order valence-corrected chi connectivity index (χ1v) is 7.69. The molecule has 2 aromatic heterocycles. The molecule has 0 atom stereocenters. The summed E-state index contributed by atoms with van der Waals surface area (Å²) >= 11 is 0. The van der Waals surface area contributed by atoms with Crippen LogP contribution in [0.3, 0.4) is 0 Å². The van der Waals surface area contributed by atoms with Crippen LogP contribution in [0.15, 0.2) is 60.7 Å². The second-order valence-electron chi connectivity index (χ2n) is 5.69. The highest BCUT2D eigenvalue weighted by molar-refractivity contribution is 5.87. The van der Waals surface area contributed by atoms with Gasteiger partial charge in [0.15, 0.2) is 6.33 Å². The maximum Gasteiger partial charge on any atom is 0.174 e. The molecule has 0 saturated heterocycles. The van der Waals surface area contributed by atoms with Crippen molar-refractivity contribution in [2.75, 3.05) is 0 Å². The average molecular weight is 308 g/mol. The van der Waals surface area contributed by atoms with Gasteiger partial charge in [0.05, 0.1) is 22.1 Å². The Morgan fingerprint density at radius 3 is 2.50 bits per heavy atom. The van der Waals surface area contributed by atoms with Crippen LogP contribution < -0.4 is 0 Å².